The van der Waals surface area contributed by atoms with E-state index in [2.05, 4.69) is 45.4 Å². The molecule has 2 aromatic rings. The minimum Gasteiger partial charge on any atom is -0.363 e. The van der Waals surface area contributed by atoms with Gasteiger partial charge in [-0.05, 0) is 30.0 Å². The Hall–Kier alpha value is -1.75. The first kappa shape index (κ1) is 14.7. The summed E-state index contributed by atoms with van der Waals surface area (Å²) >= 11 is 1.75. The van der Waals surface area contributed by atoms with Gasteiger partial charge in [0.15, 0.2) is 0 Å². The highest BCUT2D eigenvalue weighted by Crippen LogP contribution is 2.17. The fourth-order valence-electron chi connectivity index (χ4n) is 1.85. The van der Waals surface area contributed by atoms with Crippen LogP contribution in [-0.2, 0) is 6.54 Å². The molecule has 0 atom stereocenters. The monoisotopic (exact) mass is 288 g/mol. The van der Waals surface area contributed by atoms with Gasteiger partial charge in [-0.3, -0.25) is 0 Å². The van der Waals surface area contributed by atoms with Crippen molar-refractivity contribution in [2.24, 2.45) is 0 Å². The SMILES string of the molecule is CSc1ccc(CN(C)c2nccc(N(C)C)n2)cc1. The molecule has 2 rings (SSSR count). The van der Waals surface area contributed by atoms with E-state index < -0.39 is 0 Å². The van der Waals surface area contributed by atoms with Gasteiger partial charge in [-0.25, -0.2) is 4.98 Å². The van der Waals surface area contributed by atoms with Crippen LogP contribution in [-0.4, -0.2) is 37.4 Å². The second-order valence-electron chi connectivity index (χ2n) is 4.81. The summed E-state index contributed by atoms with van der Waals surface area (Å²) in [7, 11) is 5.97. The number of hydrogen-bond donors (Lipinski definition) is 0. The average molecular weight is 288 g/mol. The first-order valence-electron chi connectivity index (χ1n) is 6.44. The molecule has 0 unspecified atom stereocenters. The third-order valence-electron chi connectivity index (χ3n) is 3.01. The van der Waals surface area contributed by atoms with E-state index in [4.69, 9.17) is 0 Å². The van der Waals surface area contributed by atoms with Gasteiger partial charge in [0.2, 0.25) is 5.95 Å². The predicted molar refractivity (Wildman–Crippen MR) is 86.7 cm³/mol. The van der Waals surface area contributed by atoms with Gasteiger partial charge >= 0.3 is 0 Å². The lowest BCUT2D eigenvalue weighted by Gasteiger charge is -2.19. The second kappa shape index (κ2) is 6.61. The summed E-state index contributed by atoms with van der Waals surface area (Å²) in [5, 5.41) is 0. The number of hydrogen-bond acceptors (Lipinski definition) is 5. The Bertz CT molecular complexity index is 554. The first-order valence-corrected chi connectivity index (χ1v) is 7.67. The molecule has 0 aliphatic heterocycles. The Balaban J connectivity index is 2.10. The van der Waals surface area contributed by atoms with Crippen molar-refractivity contribution in [3.63, 3.8) is 0 Å². The van der Waals surface area contributed by atoms with Crippen LogP contribution in [0.4, 0.5) is 11.8 Å². The molecule has 0 amide bonds. The van der Waals surface area contributed by atoms with E-state index >= 15 is 0 Å². The highest BCUT2D eigenvalue weighted by molar-refractivity contribution is 7.98. The molecule has 0 bridgehead atoms. The van der Waals surface area contributed by atoms with Gasteiger partial charge in [0.05, 0.1) is 0 Å². The van der Waals surface area contributed by atoms with Crippen molar-refractivity contribution < 1.29 is 0 Å². The minimum atomic E-state index is 0.741. The van der Waals surface area contributed by atoms with E-state index in [1.54, 1.807) is 18.0 Å². The summed E-state index contributed by atoms with van der Waals surface area (Å²) in [5.41, 5.74) is 1.25. The molecule has 1 aromatic heterocycles. The zero-order chi connectivity index (χ0) is 14.5. The zero-order valence-corrected chi connectivity index (χ0v) is 13.2. The molecule has 106 valence electrons. The molecule has 0 radical (unpaired) electrons. The number of aromatic nitrogens is 2. The topological polar surface area (TPSA) is 32.3 Å². The number of nitrogens with zero attached hydrogens (tertiary/aromatic N) is 4. The van der Waals surface area contributed by atoms with Crippen LogP contribution in [0.25, 0.3) is 0 Å². The molecular weight excluding hydrogens is 268 g/mol. The molecule has 0 fully saturated rings. The van der Waals surface area contributed by atoms with Crippen LogP contribution < -0.4 is 9.80 Å². The molecule has 1 heterocycles. The van der Waals surface area contributed by atoms with Gasteiger partial charge in [-0.2, -0.15) is 4.98 Å². The Labute approximate surface area is 124 Å². The fraction of sp³-hybridized carbons (Fsp3) is 0.333. The first-order chi connectivity index (χ1) is 9.60. The summed E-state index contributed by atoms with van der Waals surface area (Å²) < 4.78 is 0. The number of anilines is 2. The normalized spacial score (nSPS) is 10.4. The van der Waals surface area contributed by atoms with Crippen LogP contribution in [0, 0.1) is 0 Å². The van der Waals surface area contributed by atoms with Crippen LogP contribution in [0.5, 0.6) is 0 Å². The zero-order valence-electron chi connectivity index (χ0n) is 12.4. The Morgan fingerprint density at radius 3 is 2.35 bits per heavy atom. The molecule has 0 saturated carbocycles. The quantitative estimate of drug-likeness (QED) is 0.790. The van der Waals surface area contributed by atoms with Gasteiger partial charge in [-0.15, -0.1) is 11.8 Å². The molecule has 0 N–H and O–H groups in total. The third-order valence-corrected chi connectivity index (χ3v) is 3.75. The maximum atomic E-state index is 4.54. The van der Waals surface area contributed by atoms with Crippen LogP contribution in [0.2, 0.25) is 0 Å². The van der Waals surface area contributed by atoms with E-state index in [0.29, 0.717) is 0 Å². The minimum absolute atomic E-state index is 0.741. The van der Waals surface area contributed by atoms with E-state index in [1.807, 2.05) is 32.1 Å². The Kier molecular flexibility index (Phi) is 4.84. The Morgan fingerprint density at radius 2 is 1.75 bits per heavy atom. The van der Waals surface area contributed by atoms with Gasteiger partial charge in [0.1, 0.15) is 5.82 Å². The smallest absolute Gasteiger partial charge is 0.227 e. The molecule has 0 saturated heterocycles. The molecule has 1 aromatic carbocycles. The second-order valence-corrected chi connectivity index (χ2v) is 5.69. The van der Waals surface area contributed by atoms with Crippen LogP contribution in [0.15, 0.2) is 41.4 Å². The van der Waals surface area contributed by atoms with Gasteiger partial charge in [-0.1, -0.05) is 12.1 Å². The fourth-order valence-corrected chi connectivity index (χ4v) is 2.26. The summed E-state index contributed by atoms with van der Waals surface area (Å²) in [4.78, 5) is 14.2. The summed E-state index contributed by atoms with van der Waals surface area (Å²) in [6, 6.07) is 10.5. The van der Waals surface area contributed by atoms with Gasteiger partial charge in [0.25, 0.3) is 0 Å². The van der Waals surface area contributed by atoms with E-state index in [0.717, 1.165) is 18.3 Å². The van der Waals surface area contributed by atoms with Gasteiger partial charge < -0.3 is 9.80 Å². The number of thioether (sulfide) groups is 1. The third kappa shape index (κ3) is 3.63. The van der Waals surface area contributed by atoms with Crippen LogP contribution >= 0.6 is 11.8 Å². The Morgan fingerprint density at radius 1 is 1.05 bits per heavy atom. The van der Waals surface area contributed by atoms with Crippen molar-refractivity contribution in [2.75, 3.05) is 37.2 Å². The molecule has 4 nitrogen and oxygen atoms in total. The summed E-state index contributed by atoms with van der Waals surface area (Å²) in [5.74, 6) is 1.66. The highest BCUT2D eigenvalue weighted by Gasteiger charge is 2.07. The van der Waals surface area contributed by atoms with Crippen molar-refractivity contribution in [1.29, 1.82) is 0 Å². The molecule has 5 heteroatoms. The van der Waals surface area contributed by atoms with Crippen molar-refractivity contribution in [2.45, 2.75) is 11.4 Å². The van der Waals surface area contributed by atoms with E-state index in [-0.39, 0.29) is 0 Å². The molecule has 20 heavy (non-hydrogen) atoms. The summed E-state index contributed by atoms with van der Waals surface area (Å²) in [6.07, 6.45) is 3.88. The number of rotatable bonds is 5. The van der Waals surface area contributed by atoms with Crippen LogP contribution in [0.1, 0.15) is 5.56 Å². The summed E-state index contributed by atoms with van der Waals surface area (Å²) in [6.45, 7) is 0.797. The molecule has 0 aliphatic rings. The lowest BCUT2D eigenvalue weighted by Crippen LogP contribution is -2.20. The molecule has 0 aliphatic carbocycles. The maximum absolute atomic E-state index is 4.54. The van der Waals surface area contributed by atoms with Crippen molar-refractivity contribution in [3.05, 3.63) is 42.1 Å². The maximum Gasteiger partial charge on any atom is 0.227 e. The average Bonchev–Trinajstić information content (AvgIpc) is 2.48. The van der Waals surface area contributed by atoms with Crippen molar-refractivity contribution >= 4 is 23.5 Å². The highest BCUT2D eigenvalue weighted by atomic mass is 32.2. The van der Waals surface area contributed by atoms with E-state index in [9.17, 15) is 0 Å². The lowest BCUT2D eigenvalue weighted by molar-refractivity contribution is 0.860. The van der Waals surface area contributed by atoms with Crippen molar-refractivity contribution in [1.82, 2.24) is 9.97 Å². The standard InChI is InChI=1S/C15H20N4S/c1-18(2)14-9-10-16-15(17-14)19(3)11-12-5-7-13(20-4)8-6-12/h5-10H,11H2,1-4H3. The number of benzene rings is 1. The van der Waals surface area contributed by atoms with Crippen LogP contribution in [0.3, 0.4) is 0 Å². The molecule has 0 spiro atoms. The van der Waals surface area contributed by atoms with Gasteiger partial charge in [0, 0.05) is 38.8 Å². The van der Waals surface area contributed by atoms with E-state index in [1.165, 1.54) is 10.5 Å². The van der Waals surface area contributed by atoms with Crippen molar-refractivity contribution in [3.8, 4) is 0 Å². The largest absolute Gasteiger partial charge is 0.363 e. The molecular formula is C15H20N4S. The lowest BCUT2D eigenvalue weighted by atomic mass is 10.2. The predicted octanol–water partition coefficient (Wildman–Crippen LogP) is 2.90.